The molecule has 3 aliphatic heterocycles. The Morgan fingerprint density at radius 3 is 2.37 bits per heavy atom. The quantitative estimate of drug-likeness (QED) is 0.512. The zero-order chi connectivity index (χ0) is 28.8. The van der Waals surface area contributed by atoms with Crippen LogP contribution in [0.5, 0.6) is 11.5 Å². The van der Waals surface area contributed by atoms with Gasteiger partial charge >= 0.3 is 5.97 Å². The predicted octanol–water partition coefficient (Wildman–Crippen LogP) is 3.84. The van der Waals surface area contributed by atoms with Crippen molar-refractivity contribution in [2.75, 3.05) is 19.6 Å². The number of aliphatic carboxylic acids is 1. The van der Waals surface area contributed by atoms with E-state index < -0.39 is 23.3 Å². The zero-order valence-electron chi connectivity index (χ0n) is 23.4. The number of carbonyl (C=O) groups is 4. The fourth-order valence-corrected chi connectivity index (χ4v) is 6.37. The number of piperidine rings is 1. The number of fused-ring (bicyclic) bond motifs is 9. The highest BCUT2D eigenvalue weighted by Crippen LogP contribution is 2.38. The van der Waals surface area contributed by atoms with Crippen LogP contribution in [-0.4, -0.2) is 59.4 Å². The van der Waals surface area contributed by atoms with E-state index in [1.54, 1.807) is 24.3 Å². The number of nitrogens with zero attached hydrogens (tertiary/aromatic N) is 1. The standard InChI is InChI=1S/C32H39N3O6/c36-28-13-16-33-31(40)32(14-17-35(18-15-32)29(37)24-6-2-1-3-7-24)21-23-5-4-8-26(19-23)41-25-11-9-22(10-12-25)20-27(34-28)30(38)39/h4-5,8-12,19,24,27H,1-3,6-7,13-18,20-21H2,(H,33,40)(H,34,36)(H,38,39)/t27-/m0/s1. The van der Waals surface area contributed by atoms with E-state index >= 15 is 0 Å². The van der Waals surface area contributed by atoms with Gasteiger partial charge in [0.15, 0.2) is 0 Å². The van der Waals surface area contributed by atoms with Crippen molar-refractivity contribution >= 4 is 23.7 Å². The van der Waals surface area contributed by atoms with Gasteiger partial charge in [-0.1, -0.05) is 43.5 Å². The molecule has 1 saturated carbocycles. The summed E-state index contributed by atoms with van der Waals surface area (Å²) in [6.45, 7) is 1.14. The third kappa shape index (κ3) is 7.07. The second kappa shape index (κ2) is 12.7. The van der Waals surface area contributed by atoms with Crippen molar-refractivity contribution in [2.24, 2.45) is 11.3 Å². The van der Waals surface area contributed by atoms with Crippen LogP contribution in [-0.2, 0) is 32.0 Å². The highest BCUT2D eigenvalue weighted by Gasteiger charge is 2.43. The molecule has 9 heteroatoms. The van der Waals surface area contributed by atoms with Crippen molar-refractivity contribution in [1.29, 1.82) is 0 Å². The summed E-state index contributed by atoms with van der Waals surface area (Å²) in [6, 6.07) is 13.8. The predicted molar refractivity (Wildman–Crippen MR) is 152 cm³/mol. The number of amides is 3. The Bertz CT molecular complexity index is 1260. The number of hydrogen-bond acceptors (Lipinski definition) is 5. The molecule has 2 aromatic rings. The number of carboxylic acids is 1. The van der Waals surface area contributed by atoms with Crippen LogP contribution in [0.1, 0.15) is 62.5 Å². The number of nitrogens with one attached hydrogen (secondary N) is 2. The summed E-state index contributed by atoms with van der Waals surface area (Å²) in [6.07, 6.45) is 6.91. The van der Waals surface area contributed by atoms with Crippen LogP contribution < -0.4 is 15.4 Å². The van der Waals surface area contributed by atoms with Gasteiger partial charge in [0.05, 0.1) is 5.41 Å². The fourth-order valence-electron chi connectivity index (χ4n) is 6.37. The van der Waals surface area contributed by atoms with Crippen molar-refractivity contribution in [1.82, 2.24) is 15.5 Å². The summed E-state index contributed by atoms with van der Waals surface area (Å²) < 4.78 is 6.09. The average molecular weight is 562 g/mol. The minimum Gasteiger partial charge on any atom is -0.480 e. The Labute approximate surface area is 240 Å². The first-order valence-corrected chi connectivity index (χ1v) is 14.8. The Morgan fingerprint density at radius 1 is 0.927 bits per heavy atom. The van der Waals surface area contributed by atoms with Crippen LogP contribution in [0.25, 0.3) is 0 Å². The second-order valence-corrected chi connectivity index (χ2v) is 11.7. The van der Waals surface area contributed by atoms with E-state index in [-0.39, 0.29) is 37.1 Å². The van der Waals surface area contributed by atoms with Gasteiger partial charge in [-0.2, -0.15) is 0 Å². The van der Waals surface area contributed by atoms with Crippen molar-refractivity contribution in [3.8, 4) is 11.5 Å². The van der Waals surface area contributed by atoms with Gasteiger partial charge < -0.3 is 25.4 Å². The Morgan fingerprint density at radius 2 is 1.66 bits per heavy atom. The molecule has 1 atom stereocenters. The fraction of sp³-hybridized carbons (Fsp3) is 0.500. The molecule has 0 unspecified atom stereocenters. The normalized spacial score (nSPS) is 22.1. The molecule has 41 heavy (non-hydrogen) atoms. The highest BCUT2D eigenvalue weighted by molar-refractivity contribution is 5.86. The van der Waals surface area contributed by atoms with E-state index in [0.29, 0.717) is 43.9 Å². The lowest BCUT2D eigenvalue weighted by molar-refractivity contribution is -0.144. The van der Waals surface area contributed by atoms with Gasteiger partial charge in [0.2, 0.25) is 17.7 Å². The molecule has 0 radical (unpaired) electrons. The number of hydrogen-bond donors (Lipinski definition) is 3. The van der Waals surface area contributed by atoms with Gasteiger partial charge in [-0.15, -0.1) is 0 Å². The van der Waals surface area contributed by atoms with E-state index in [4.69, 9.17) is 4.74 Å². The van der Waals surface area contributed by atoms with Crippen molar-refractivity contribution in [3.05, 3.63) is 59.7 Å². The van der Waals surface area contributed by atoms with E-state index in [0.717, 1.165) is 36.8 Å². The largest absolute Gasteiger partial charge is 0.480 e. The molecule has 1 spiro atoms. The number of benzene rings is 2. The van der Waals surface area contributed by atoms with Gasteiger partial charge in [-0.05, 0) is 67.5 Å². The maximum Gasteiger partial charge on any atom is 0.326 e. The molecule has 2 aromatic carbocycles. The van der Waals surface area contributed by atoms with Gasteiger partial charge in [0, 0.05) is 38.4 Å². The SMILES string of the molecule is O=C1CCNC(=O)C2(CCN(C(=O)C3CCCCC3)CC2)Cc2cccc(c2)Oc2ccc(cc2)C[C@@H](C(=O)O)N1. The average Bonchev–Trinajstić information content (AvgIpc) is 2.98. The first kappa shape index (κ1) is 28.6. The van der Waals surface area contributed by atoms with Gasteiger partial charge in [-0.25, -0.2) is 4.79 Å². The summed E-state index contributed by atoms with van der Waals surface area (Å²) in [4.78, 5) is 53.3. The number of carboxylic acid groups (broad SMARTS) is 1. The van der Waals surface area contributed by atoms with Crippen LogP contribution in [0.3, 0.4) is 0 Å². The molecule has 4 aliphatic rings. The molecule has 2 fully saturated rings. The van der Waals surface area contributed by atoms with Crippen molar-refractivity contribution in [3.63, 3.8) is 0 Å². The van der Waals surface area contributed by atoms with Crippen molar-refractivity contribution < 1.29 is 29.0 Å². The molecule has 9 nitrogen and oxygen atoms in total. The maximum absolute atomic E-state index is 13.7. The topological polar surface area (TPSA) is 125 Å². The molecule has 1 aliphatic carbocycles. The van der Waals surface area contributed by atoms with Crippen LogP contribution >= 0.6 is 0 Å². The molecule has 3 heterocycles. The van der Waals surface area contributed by atoms with Crippen LogP contribution in [0.4, 0.5) is 0 Å². The van der Waals surface area contributed by atoms with Crippen LogP contribution in [0, 0.1) is 11.3 Å². The molecular formula is C32H39N3O6. The van der Waals surface area contributed by atoms with Crippen molar-refractivity contribution in [2.45, 2.75) is 70.3 Å². The number of carbonyl (C=O) groups excluding carboxylic acids is 3. The summed E-state index contributed by atoms with van der Waals surface area (Å²) in [5.41, 5.74) is 0.975. The summed E-state index contributed by atoms with van der Waals surface area (Å²) >= 11 is 0. The van der Waals surface area contributed by atoms with Crippen LogP contribution in [0.15, 0.2) is 48.5 Å². The summed E-state index contributed by atoms with van der Waals surface area (Å²) in [7, 11) is 0. The summed E-state index contributed by atoms with van der Waals surface area (Å²) in [5, 5.41) is 15.2. The minimum atomic E-state index is -1.12. The minimum absolute atomic E-state index is 0.0276. The molecule has 3 N–H and O–H groups in total. The van der Waals surface area contributed by atoms with E-state index in [1.807, 2.05) is 29.2 Å². The summed E-state index contributed by atoms with van der Waals surface area (Å²) in [5.74, 6) is -0.153. The second-order valence-electron chi connectivity index (χ2n) is 11.7. The molecular weight excluding hydrogens is 522 g/mol. The Hall–Kier alpha value is -3.88. The van der Waals surface area contributed by atoms with E-state index in [9.17, 15) is 24.3 Å². The van der Waals surface area contributed by atoms with Gasteiger partial charge in [0.25, 0.3) is 0 Å². The molecule has 0 aromatic heterocycles. The number of rotatable bonds is 2. The molecule has 4 bridgehead atoms. The number of ether oxygens (including phenoxy) is 1. The van der Waals surface area contributed by atoms with E-state index in [2.05, 4.69) is 10.6 Å². The molecule has 6 rings (SSSR count). The Balaban J connectivity index is 1.37. The molecule has 218 valence electrons. The number of likely N-dealkylation sites (tertiary alicyclic amines) is 1. The molecule has 3 amide bonds. The zero-order valence-corrected chi connectivity index (χ0v) is 23.4. The third-order valence-corrected chi connectivity index (χ3v) is 8.78. The Kier molecular flexibility index (Phi) is 8.90. The first-order valence-electron chi connectivity index (χ1n) is 14.8. The highest BCUT2D eigenvalue weighted by atomic mass is 16.5. The van der Waals surface area contributed by atoms with Crippen LogP contribution in [0.2, 0.25) is 0 Å². The lowest BCUT2D eigenvalue weighted by atomic mass is 9.72. The molecule has 1 saturated heterocycles. The lowest BCUT2D eigenvalue weighted by Crippen LogP contribution is -2.52. The van der Waals surface area contributed by atoms with Gasteiger partial charge in [-0.3, -0.25) is 14.4 Å². The third-order valence-electron chi connectivity index (χ3n) is 8.78. The monoisotopic (exact) mass is 561 g/mol. The first-order chi connectivity index (χ1) is 19.8. The smallest absolute Gasteiger partial charge is 0.326 e. The van der Waals surface area contributed by atoms with Gasteiger partial charge in [0.1, 0.15) is 17.5 Å². The van der Waals surface area contributed by atoms with E-state index in [1.165, 1.54) is 6.42 Å². The lowest BCUT2D eigenvalue weighted by Gasteiger charge is -2.42. The maximum atomic E-state index is 13.7.